The summed E-state index contributed by atoms with van der Waals surface area (Å²) >= 11 is 1.14. The lowest BCUT2D eigenvalue weighted by Gasteiger charge is -2.28. The lowest BCUT2D eigenvalue weighted by atomic mass is 10.2. The van der Waals surface area contributed by atoms with E-state index >= 15 is 0 Å². The number of benzene rings is 2. The number of halogens is 2. The number of ether oxygens (including phenoxy) is 1. The predicted octanol–water partition coefficient (Wildman–Crippen LogP) is 3.45. The van der Waals surface area contributed by atoms with Crippen LogP contribution in [-0.2, 0) is 9.59 Å². The zero-order valence-electron chi connectivity index (χ0n) is 14.3. The molecule has 0 saturated heterocycles. The number of hydrogen-bond acceptors (Lipinski definition) is 5. The number of amides is 2. The Hall–Kier alpha value is -3.33. The molecule has 1 aliphatic heterocycles. The van der Waals surface area contributed by atoms with Gasteiger partial charge in [0.15, 0.2) is 23.4 Å². The highest BCUT2D eigenvalue weighted by Gasteiger charge is 2.27. The van der Waals surface area contributed by atoms with Gasteiger partial charge in [0.25, 0.3) is 5.91 Å². The number of thiazole rings is 1. The van der Waals surface area contributed by atoms with E-state index in [-0.39, 0.29) is 19.1 Å². The molecule has 142 valence electrons. The van der Waals surface area contributed by atoms with Crippen LogP contribution in [0.5, 0.6) is 5.75 Å². The summed E-state index contributed by atoms with van der Waals surface area (Å²) in [6, 6.07) is 10.4. The maximum Gasteiger partial charge on any atom is 0.265 e. The van der Waals surface area contributed by atoms with Crippen molar-refractivity contribution < 1.29 is 23.1 Å². The molecule has 28 heavy (non-hydrogen) atoms. The van der Waals surface area contributed by atoms with Crippen LogP contribution >= 0.6 is 11.3 Å². The summed E-state index contributed by atoms with van der Waals surface area (Å²) in [4.78, 5) is 30.1. The van der Waals surface area contributed by atoms with Gasteiger partial charge in [0.1, 0.15) is 12.3 Å². The second-order valence-corrected chi connectivity index (χ2v) is 6.81. The first-order valence-electron chi connectivity index (χ1n) is 8.24. The van der Waals surface area contributed by atoms with Crippen molar-refractivity contribution in [1.29, 1.82) is 0 Å². The molecule has 0 unspecified atom stereocenters. The van der Waals surface area contributed by atoms with Crippen molar-refractivity contribution in [3.05, 3.63) is 59.5 Å². The number of nitrogens with one attached hydrogen (secondary N) is 1. The first kappa shape index (κ1) is 18.1. The van der Waals surface area contributed by atoms with E-state index in [1.807, 2.05) is 0 Å². The van der Waals surface area contributed by atoms with Crippen molar-refractivity contribution >= 4 is 34.0 Å². The molecule has 0 fully saturated rings. The molecule has 0 atom stereocenters. The van der Waals surface area contributed by atoms with Crippen LogP contribution in [0.3, 0.4) is 0 Å². The highest BCUT2D eigenvalue weighted by Crippen LogP contribution is 2.31. The maximum atomic E-state index is 13.4. The van der Waals surface area contributed by atoms with Gasteiger partial charge >= 0.3 is 0 Å². The second-order valence-electron chi connectivity index (χ2n) is 5.95. The molecule has 6 nitrogen and oxygen atoms in total. The monoisotopic (exact) mass is 401 g/mol. The van der Waals surface area contributed by atoms with Gasteiger partial charge in [-0.1, -0.05) is 12.1 Å². The number of rotatable bonds is 4. The van der Waals surface area contributed by atoms with Crippen molar-refractivity contribution in [2.24, 2.45) is 0 Å². The van der Waals surface area contributed by atoms with Gasteiger partial charge in [0.05, 0.1) is 11.4 Å². The summed E-state index contributed by atoms with van der Waals surface area (Å²) in [5.74, 6) is -2.14. The minimum Gasteiger partial charge on any atom is -0.482 e. The fourth-order valence-corrected chi connectivity index (χ4v) is 3.48. The van der Waals surface area contributed by atoms with Gasteiger partial charge in [-0.15, -0.1) is 11.3 Å². The highest BCUT2D eigenvalue weighted by atomic mass is 32.1. The van der Waals surface area contributed by atoms with Crippen LogP contribution in [0.15, 0.2) is 47.8 Å². The van der Waals surface area contributed by atoms with Crippen LogP contribution in [0, 0.1) is 11.6 Å². The molecule has 0 saturated carbocycles. The van der Waals surface area contributed by atoms with E-state index in [0.29, 0.717) is 27.8 Å². The molecule has 0 aliphatic carbocycles. The zero-order valence-corrected chi connectivity index (χ0v) is 15.1. The lowest BCUT2D eigenvalue weighted by Crippen LogP contribution is -2.43. The molecule has 1 N–H and O–H groups in total. The van der Waals surface area contributed by atoms with E-state index in [9.17, 15) is 18.4 Å². The second kappa shape index (κ2) is 7.35. The molecule has 0 spiro atoms. The summed E-state index contributed by atoms with van der Waals surface area (Å²) in [6.45, 7) is -0.332. The number of anilines is 2. The summed E-state index contributed by atoms with van der Waals surface area (Å²) in [7, 11) is 0. The SMILES string of the molecule is O=C(CN1C(=O)COc2ccccc21)Nc1nc(-c2ccc(F)c(F)c2)cs1. The van der Waals surface area contributed by atoms with Crippen molar-refractivity contribution in [3.63, 3.8) is 0 Å². The molecule has 9 heteroatoms. The van der Waals surface area contributed by atoms with Crippen LogP contribution < -0.4 is 15.0 Å². The first-order valence-corrected chi connectivity index (χ1v) is 9.12. The largest absolute Gasteiger partial charge is 0.482 e. The van der Waals surface area contributed by atoms with E-state index in [0.717, 1.165) is 23.5 Å². The van der Waals surface area contributed by atoms with Crippen molar-refractivity contribution in [2.75, 3.05) is 23.4 Å². The Morgan fingerprint density at radius 2 is 2.04 bits per heavy atom. The van der Waals surface area contributed by atoms with E-state index in [2.05, 4.69) is 10.3 Å². The molecule has 0 bridgehead atoms. The summed E-state index contributed by atoms with van der Waals surface area (Å²) < 4.78 is 31.8. The fourth-order valence-electron chi connectivity index (χ4n) is 2.75. The van der Waals surface area contributed by atoms with Gasteiger partial charge in [-0.05, 0) is 30.3 Å². The summed E-state index contributed by atoms with van der Waals surface area (Å²) in [5.41, 5.74) is 1.33. The van der Waals surface area contributed by atoms with E-state index < -0.39 is 17.5 Å². The average molecular weight is 401 g/mol. The molecule has 3 aromatic rings. The number of carbonyl (C=O) groups excluding carboxylic acids is 2. The van der Waals surface area contributed by atoms with Gasteiger partial charge in [0.2, 0.25) is 5.91 Å². The molecule has 2 aromatic carbocycles. The molecule has 2 amide bonds. The third kappa shape index (κ3) is 3.56. The van der Waals surface area contributed by atoms with Crippen LogP contribution in [0.2, 0.25) is 0 Å². The van der Waals surface area contributed by atoms with E-state index in [1.54, 1.807) is 29.6 Å². The number of fused-ring (bicyclic) bond motifs is 1. The van der Waals surface area contributed by atoms with Crippen molar-refractivity contribution in [1.82, 2.24) is 4.98 Å². The zero-order chi connectivity index (χ0) is 19.7. The van der Waals surface area contributed by atoms with E-state index in [1.165, 1.54) is 11.0 Å². The van der Waals surface area contributed by atoms with Gasteiger partial charge in [-0.3, -0.25) is 14.5 Å². The third-order valence-electron chi connectivity index (χ3n) is 4.08. The maximum absolute atomic E-state index is 13.4. The quantitative estimate of drug-likeness (QED) is 0.727. The van der Waals surface area contributed by atoms with Crippen LogP contribution in [0.1, 0.15) is 0 Å². The normalized spacial score (nSPS) is 13.1. The Bertz CT molecular complexity index is 1070. The first-order chi connectivity index (χ1) is 13.5. The smallest absolute Gasteiger partial charge is 0.265 e. The Kier molecular flexibility index (Phi) is 4.74. The van der Waals surface area contributed by atoms with E-state index in [4.69, 9.17) is 4.74 Å². The standard InChI is InChI=1S/C19H13F2N3O3S/c20-12-6-5-11(7-13(12)21)14-10-28-19(22-14)23-17(25)8-24-15-3-1-2-4-16(15)27-9-18(24)26/h1-7,10H,8-9H2,(H,22,23,25). The van der Waals surface area contributed by atoms with Gasteiger partial charge in [0, 0.05) is 10.9 Å². The molecule has 2 heterocycles. The molecule has 4 rings (SSSR count). The Morgan fingerprint density at radius 3 is 2.86 bits per heavy atom. The minimum atomic E-state index is -0.972. The van der Waals surface area contributed by atoms with Gasteiger partial charge in [-0.25, -0.2) is 13.8 Å². The van der Waals surface area contributed by atoms with Crippen molar-refractivity contribution in [3.8, 4) is 17.0 Å². The summed E-state index contributed by atoms with van der Waals surface area (Å²) in [6.07, 6.45) is 0. The Balaban J connectivity index is 1.47. The molecule has 0 radical (unpaired) electrons. The molecular weight excluding hydrogens is 388 g/mol. The lowest BCUT2D eigenvalue weighted by molar-refractivity contribution is -0.123. The number of hydrogen-bond donors (Lipinski definition) is 1. The van der Waals surface area contributed by atoms with Crippen LogP contribution in [0.4, 0.5) is 19.6 Å². The highest BCUT2D eigenvalue weighted by molar-refractivity contribution is 7.14. The predicted molar refractivity (Wildman–Crippen MR) is 100 cm³/mol. The molecular formula is C19H13F2N3O3S. The number of carbonyl (C=O) groups is 2. The van der Waals surface area contributed by atoms with Crippen molar-refractivity contribution in [2.45, 2.75) is 0 Å². The third-order valence-corrected chi connectivity index (χ3v) is 4.83. The molecule has 1 aromatic heterocycles. The number of para-hydroxylation sites is 2. The Labute approximate surface area is 162 Å². The van der Waals surface area contributed by atoms with Gasteiger partial charge < -0.3 is 10.1 Å². The van der Waals surface area contributed by atoms with Gasteiger partial charge in [-0.2, -0.15) is 0 Å². The van der Waals surface area contributed by atoms with Crippen LogP contribution in [-0.4, -0.2) is 29.9 Å². The number of nitrogens with zero attached hydrogens (tertiary/aromatic N) is 2. The number of aromatic nitrogens is 1. The minimum absolute atomic E-state index is 0.137. The topological polar surface area (TPSA) is 71.5 Å². The van der Waals surface area contributed by atoms with Crippen LogP contribution in [0.25, 0.3) is 11.3 Å². The average Bonchev–Trinajstić information content (AvgIpc) is 3.14. The Morgan fingerprint density at radius 1 is 1.21 bits per heavy atom. The molecule has 1 aliphatic rings. The fraction of sp³-hybridized carbons (Fsp3) is 0.105. The summed E-state index contributed by atoms with van der Waals surface area (Å²) in [5, 5.41) is 4.54.